The van der Waals surface area contributed by atoms with Gasteiger partial charge in [-0.15, -0.1) is 10.2 Å². The van der Waals surface area contributed by atoms with Crippen molar-refractivity contribution in [3.8, 4) is 5.75 Å². The molecule has 0 bridgehead atoms. The molecular weight excluding hydrogens is 260 g/mol. The van der Waals surface area contributed by atoms with Crippen molar-refractivity contribution in [1.82, 2.24) is 10.2 Å². The molecular formula is C14H14N2O4. The van der Waals surface area contributed by atoms with Crippen LogP contribution in [-0.2, 0) is 4.74 Å². The van der Waals surface area contributed by atoms with Gasteiger partial charge in [0.25, 0.3) is 0 Å². The molecule has 104 valence electrons. The number of hydrogen-bond donors (Lipinski definition) is 0. The standard InChI is InChI=1S/C14H14N2O4/c1-2-18-14(17)13-16-15-12(20-13)10-7-8-19-11-6-4-3-5-9(10)11/h3-6,10H,2,7-8H2,1H3. The highest BCUT2D eigenvalue weighted by Crippen LogP contribution is 2.37. The molecule has 0 fully saturated rings. The Bertz CT molecular complexity index is 623. The van der Waals surface area contributed by atoms with E-state index < -0.39 is 5.97 Å². The van der Waals surface area contributed by atoms with Crippen molar-refractivity contribution in [1.29, 1.82) is 0 Å². The summed E-state index contributed by atoms with van der Waals surface area (Å²) in [6.45, 7) is 2.58. The maximum absolute atomic E-state index is 11.5. The normalized spacial score (nSPS) is 17.1. The Morgan fingerprint density at radius 2 is 2.25 bits per heavy atom. The molecule has 0 saturated carbocycles. The lowest BCUT2D eigenvalue weighted by molar-refractivity contribution is 0.0478. The molecule has 20 heavy (non-hydrogen) atoms. The van der Waals surface area contributed by atoms with Gasteiger partial charge in [0.2, 0.25) is 5.89 Å². The Morgan fingerprint density at radius 3 is 3.10 bits per heavy atom. The first-order valence-electron chi connectivity index (χ1n) is 6.52. The van der Waals surface area contributed by atoms with Crippen LogP contribution in [0.15, 0.2) is 28.7 Å². The summed E-state index contributed by atoms with van der Waals surface area (Å²) in [5.41, 5.74) is 0.998. The van der Waals surface area contributed by atoms with Crippen LogP contribution < -0.4 is 4.74 Å². The molecule has 0 amide bonds. The summed E-state index contributed by atoms with van der Waals surface area (Å²) in [4.78, 5) is 11.5. The van der Waals surface area contributed by atoms with E-state index in [9.17, 15) is 4.79 Å². The number of esters is 1. The number of hydrogen-bond acceptors (Lipinski definition) is 6. The predicted octanol–water partition coefficient (Wildman–Crippen LogP) is 2.16. The average molecular weight is 274 g/mol. The SMILES string of the molecule is CCOC(=O)c1nnc(C2CCOc3ccccc32)o1. The van der Waals surface area contributed by atoms with E-state index >= 15 is 0 Å². The van der Waals surface area contributed by atoms with Crippen LogP contribution in [0.4, 0.5) is 0 Å². The summed E-state index contributed by atoms with van der Waals surface area (Å²) in [7, 11) is 0. The van der Waals surface area contributed by atoms with Gasteiger partial charge in [-0.25, -0.2) is 4.79 Å². The second kappa shape index (κ2) is 5.32. The van der Waals surface area contributed by atoms with Crippen molar-refractivity contribution >= 4 is 5.97 Å². The number of nitrogens with zero attached hydrogens (tertiary/aromatic N) is 2. The van der Waals surface area contributed by atoms with Gasteiger partial charge in [-0.05, 0) is 19.4 Å². The number of ether oxygens (including phenoxy) is 2. The highest BCUT2D eigenvalue weighted by atomic mass is 16.5. The van der Waals surface area contributed by atoms with Gasteiger partial charge < -0.3 is 13.9 Å². The van der Waals surface area contributed by atoms with Gasteiger partial charge in [0.05, 0.1) is 19.1 Å². The number of aromatic nitrogens is 2. The van der Waals surface area contributed by atoms with Crippen LogP contribution in [0.5, 0.6) is 5.75 Å². The minimum atomic E-state index is -0.591. The first kappa shape index (κ1) is 12.7. The summed E-state index contributed by atoms with van der Waals surface area (Å²) in [6.07, 6.45) is 0.738. The summed E-state index contributed by atoms with van der Waals surface area (Å²) in [5, 5.41) is 7.72. The minimum Gasteiger partial charge on any atom is -0.493 e. The summed E-state index contributed by atoms with van der Waals surface area (Å²) in [6, 6.07) is 7.72. The molecule has 1 aromatic carbocycles. The van der Waals surface area contributed by atoms with Crippen molar-refractivity contribution in [3.05, 3.63) is 41.6 Å². The minimum absolute atomic E-state index is 0.0457. The molecule has 6 heteroatoms. The Balaban J connectivity index is 1.89. The number of rotatable bonds is 3. The lowest BCUT2D eigenvalue weighted by Crippen LogP contribution is -2.15. The van der Waals surface area contributed by atoms with E-state index in [2.05, 4.69) is 10.2 Å². The lowest BCUT2D eigenvalue weighted by Gasteiger charge is -2.23. The quantitative estimate of drug-likeness (QED) is 0.798. The Kier molecular flexibility index (Phi) is 3.37. The van der Waals surface area contributed by atoms with E-state index in [4.69, 9.17) is 13.9 Å². The number of carbonyl (C=O) groups excluding carboxylic acids is 1. The Labute approximate surface area is 115 Å². The number of carbonyl (C=O) groups is 1. The van der Waals surface area contributed by atoms with Crippen molar-refractivity contribution in [2.75, 3.05) is 13.2 Å². The second-order valence-corrected chi connectivity index (χ2v) is 4.39. The van der Waals surface area contributed by atoms with E-state index in [0.29, 0.717) is 12.5 Å². The van der Waals surface area contributed by atoms with Gasteiger partial charge in [0.15, 0.2) is 0 Å². The second-order valence-electron chi connectivity index (χ2n) is 4.39. The molecule has 6 nitrogen and oxygen atoms in total. The fraction of sp³-hybridized carbons (Fsp3) is 0.357. The molecule has 2 heterocycles. The molecule has 0 saturated heterocycles. The van der Waals surface area contributed by atoms with E-state index in [-0.39, 0.29) is 18.4 Å². The molecule has 1 aliphatic heterocycles. The molecule has 0 aliphatic carbocycles. The molecule has 0 N–H and O–H groups in total. The zero-order chi connectivity index (χ0) is 13.9. The lowest BCUT2D eigenvalue weighted by atomic mass is 9.93. The molecule has 2 aromatic rings. The van der Waals surface area contributed by atoms with E-state index in [1.54, 1.807) is 6.92 Å². The highest BCUT2D eigenvalue weighted by Gasteiger charge is 2.28. The fourth-order valence-electron chi connectivity index (χ4n) is 2.25. The molecule has 0 radical (unpaired) electrons. The summed E-state index contributed by atoms with van der Waals surface area (Å²) in [5.74, 6) is 0.497. The van der Waals surface area contributed by atoms with Crippen molar-refractivity contribution in [2.45, 2.75) is 19.3 Å². The van der Waals surface area contributed by atoms with Gasteiger partial charge in [0, 0.05) is 5.56 Å². The molecule has 3 rings (SSSR count). The molecule has 1 aromatic heterocycles. The van der Waals surface area contributed by atoms with E-state index in [1.807, 2.05) is 24.3 Å². The molecule has 1 aliphatic rings. The van der Waals surface area contributed by atoms with Crippen molar-refractivity contribution < 1.29 is 18.7 Å². The van der Waals surface area contributed by atoms with Crippen LogP contribution in [0.2, 0.25) is 0 Å². The monoisotopic (exact) mass is 274 g/mol. The van der Waals surface area contributed by atoms with Crippen LogP contribution in [-0.4, -0.2) is 29.4 Å². The number of para-hydroxylation sites is 1. The topological polar surface area (TPSA) is 74.5 Å². The zero-order valence-corrected chi connectivity index (χ0v) is 11.0. The maximum atomic E-state index is 11.5. The predicted molar refractivity (Wildman–Crippen MR) is 68.7 cm³/mol. The molecule has 0 spiro atoms. The smallest absolute Gasteiger partial charge is 0.396 e. The van der Waals surface area contributed by atoms with Crippen LogP contribution in [0.1, 0.15) is 41.4 Å². The third-order valence-corrected chi connectivity index (χ3v) is 3.15. The largest absolute Gasteiger partial charge is 0.493 e. The van der Waals surface area contributed by atoms with E-state index in [0.717, 1.165) is 17.7 Å². The van der Waals surface area contributed by atoms with Gasteiger partial charge >= 0.3 is 11.9 Å². The third-order valence-electron chi connectivity index (χ3n) is 3.15. The van der Waals surface area contributed by atoms with Crippen LogP contribution in [0, 0.1) is 0 Å². The van der Waals surface area contributed by atoms with Gasteiger partial charge in [0.1, 0.15) is 5.75 Å². The maximum Gasteiger partial charge on any atom is 0.396 e. The Hall–Kier alpha value is -2.37. The first-order chi connectivity index (χ1) is 9.79. The van der Waals surface area contributed by atoms with Gasteiger partial charge in [-0.2, -0.15) is 0 Å². The van der Waals surface area contributed by atoms with Gasteiger partial charge in [-0.3, -0.25) is 0 Å². The van der Waals surface area contributed by atoms with Crippen LogP contribution in [0.25, 0.3) is 0 Å². The van der Waals surface area contributed by atoms with Crippen molar-refractivity contribution in [2.24, 2.45) is 0 Å². The first-order valence-corrected chi connectivity index (χ1v) is 6.52. The van der Waals surface area contributed by atoms with Crippen LogP contribution in [0.3, 0.4) is 0 Å². The number of fused-ring (bicyclic) bond motifs is 1. The molecule has 1 unspecified atom stereocenters. The fourth-order valence-corrected chi connectivity index (χ4v) is 2.25. The highest BCUT2D eigenvalue weighted by molar-refractivity contribution is 5.83. The van der Waals surface area contributed by atoms with Crippen molar-refractivity contribution in [3.63, 3.8) is 0 Å². The molecule has 1 atom stereocenters. The summed E-state index contributed by atoms with van der Waals surface area (Å²) >= 11 is 0. The van der Waals surface area contributed by atoms with Gasteiger partial charge in [-0.1, -0.05) is 18.2 Å². The van der Waals surface area contributed by atoms with E-state index in [1.165, 1.54) is 0 Å². The Morgan fingerprint density at radius 1 is 1.40 bits per heavy atom. The zero-order valence-electron chi connectivity index (χ0n) is 11.0. The third kappa shape index (κ3) is 2.24. The van der Waals surface area contributed by atoms with Crippen LogP contribution >= 0.6 is 0 Å². The average Bonchev–Trinajstić information content (AvgIpc) is 2.97. The number of benzene rings is 1. The summed E-state index contributed by atoms with van der Waals surface area (Å²) < 4.78 is 15.9.